The molecule has 0 aromatic rings. The van der Waals surface area contributed by atoms with Gasteiger partial charge in [0.2, 0.25) is 10.0 Å². The van der Waals surface area contributed by atoms with Crippen LogP contribution in [-0.4, -0.2) is 48.7 Å². The highest BCUT2D eigenvalue weighted by atomic mass is 32.2. The molecule has 0 spiro atoms. The van der Waals surface area contributed by atoms with Gasteiger partial charge in [0.15, 0.2) is 5.75 Å². The Bertz CT molecular complexity index is 314. The number of sulfonamides is 1. The lowest BCUT2D eigenvalue weighted by Crippen LogP contribution is -2.47. The Hall–Kier alpha value is -0.660. The Kier molecular flexibility index (Phi) is 3.46. The Morgan fingerprint density at radius 2 is 2.21 bits per heavy atom. The SMILES string of the molecule is N[C@@H]1CCCN(S(=O)(=O)CC(=O)O)C1. The van der Waals surface area contributed by atoms with Crippen molar-refractivity contribution >= 4 is 16.0 Å². The van der Waals surface area contributed by atoms with E-state index in [0.29, 0.717) is 13.0 Å². The number of carboxylic acid groups (broad SMARTS) is 1. The molecule has 0 bridgehead atoms. The molecule has 0 unspecified atom stereocenters. The lowest BCUT2D eigenvalue weighted by molar-refractivity contribution is -0.134. The minimum atomic E-state index is -3.66. The van der Waals surface area contributed by atoms with E-state index in [1.807, 2.05) is 0 Å². The molecular weight excluding hydrogens is 208 g/mol. The minimum absolute atomic E-state index is 0.174. The summed E-state index contributed by atoms with van der Waals surface area (Å²) in [7, 11) is -3.66. The number of aliphatic carboxylic acids is 1. The molecule has 1 fully saturated rings. The number of nitrogens with zero attached hydrogens (tertiary/aromatic N) is 1. The lowest BCUT2D eigenvalue weighted by atomic mass is 10.1. The molecule has 6 nitrogen and oxygen atoms in total. The van der Waals surface area contributed by atoms with Gasteiger partial charge in [0.25, 0.3) is 0 Å². The second-order valence-corrected chi connectivity index (χ2v) is 5.38. The van der Waals surface area contributed by atoms with Crippen LogP contribution in [-0.2, 0) is 14.8 Å². The van der Waals surface area contributed by atoms with Crippen molar-refractivity contribution in [1.29, 1.82) is 0 Å². The van der Waals surface area contributed by atoms with Crippen molar-refractivity contribution in [2.24, 2.45) is 5.73 Å². The Morgan fingerprint density at radius 3 is 2.71 bits per heavy atom. The van der Waals surface area contributed by atoms with Gasteiger partial charge in [-0.25, -0.2) is 8.42 Å². The number of hydrogen-bond acceptors (Lipinski definition) is 4. The van der Waals surface area contributed by atoms with Crippen molar-refractivity contribution in [3.63, 3.8) is 0 Å². The third-order valence-corrected chi connectivity index (χ3v) is 3.85. The minimum Gasteiger partial charge on any atom is -0.480 e. The Morgan fingerprint density at radius 1 is 1.57 bits per heavy atom. The van der Waals surface area contributed by atoms with Crippen LogP contribution in [0.5, 0.6) is 0 Å². The van der Waals surface area contributed by atoms with E-state index in [4.69, 9.17) is 10.8 Å². The summed E-state index contributed by atoms with van der Waals surface area (Å²) in [6.07, 6.45) is 1.49. The predicted molar refractivity (Wildman–Crippen MR) is 50.2 cm³/mol. The molecule has 1 saturated heterocycles. The zero-order chi connectivity index (χ0) is 10.8. The van der Waals surface area contributed by atoms with Gasteiger partial charge in [0, 0.05) is 19.1 Å². The van der Waals surface area contributed by atoms with Crippen molar-refractivity contribution in [3.05, 3.63) is 0 Å². The van der Waals surface area contributed by atoms with E-state index in [2.05, 4.69) is 0 Å². The van der Waals surface area contributed by atoms with Crippen LogP contribution in [0.3, 0.4) is 0 Å². The zero-order valence-corrected chi connectivity index (χ0v) is 8.53. The van der Waals surface area contributed by atoms with Gasteiger partial charge in [-0.1, -0.05) is 0 Å². The number of carboxylic acids is 1. The standard InChI is InChI=1S/C7H14N2O4S/c8-6-2-1-3-9(4-6)14(12,13)5-7(10)11/h6H,1-5,8H2,(H,10,11)/t6-/m1/s1. The first-order chi connectivity index (χ1) is 6.42. The number of piperidine rings is 1. The van der Waals surface area contributed by atoms with Gasteiger partial charge in [0.1, 0.15) is 0 Å². The van der Waals surface area contributed by atoms with Crippen LogP contribution < -0.4 is 5.73 Å². The van der Waals surface area contributed by atoms with Crippen molar-refractivity contribution in [2.45, 2.75) is 18.9 Å². The first kappa shape index (κ1) is 11.4. The maximum Gasteiger partial charge on any atom is 0.320 e. The second kappa shape index (κ2) is 4.24. The van der Waals surface area contributed by atoms with Crippen LogP contribution in [0.15, 0.2) is 0 Å². The first-order valence-corrected chi connectivity index (χ1v) is 5.98. The highest BCUT2D eigenvalue weighted by Gasteiger charge is 2.28. The van der Waals surface area contributed by atoms with Crippen LogP contribution in [0.2, 0.25) is 0 Å². The normalized spacial score (nSPS) is 24.8. The predicted octanol–water partition coefficient (Wildman–Crippen LogP) is -1.18. The number of hydrogen-bond donors (Lipinski definition) is 2. The van der Waals surface area contributed by atoms with Gasteiger partial charge < -0.3 is 10.8 Å². The van der Waals surface area contributed by atoms with Crippen LogP contribution in [0, 0.1) is 0 Å². The molecule has 0 saturated carbocycles. The zero-order valence-electron chi connectivity index (χ0n) is 7.72. The fraction of sp³-hybridized carbons (Fsp3) is 0.857. The highest BCUT2D eigenvalue weighted by Crippen LogP contribution is 2.12. The summed E-state index contributed by atoms with van der Waals surface area (Å²) in [5.74, 6) is -2.18. The molecule has 0 aliphatic carbocycles. The Balaban J connectivity index is 2.67. The monoisotopic (exact) mass is 222 g/mol. The molecule has 0 aromatic heterocycles. The summed E-state index contributed by atoms with van der Waals surface area (Å²) in [6, 6.07) is -0.174. The van der Waals surface area contributed by atoms with E-state index in [-0.39, 0.29) is 12.6 Å². The first-order valence-electron chi connectivity index (χ1n) is 4.37. The van der Waals surface area contributed by atoms with Crippen molar-refractivity contribution in [1.82, 2.24) is 4.31 Å². The number of nitrogens with two attached hydrogens (primary N) is 1. The average molecular weight is 222 g/mol. The Labute approximate surface area is 82.7 Å². The summed E-state index contributed by atoms with van der Waals surface area (Å²) in [5.41, 5.74) is 5.60. The van der Waals surface area contributed by atoms with Crippen molar-refractivity contribution in [2.75, 3.05) is 18.8 Å². The molecule has 7 heteroatoms. The summed E-state index contributed by atoms with van der Waals surface area (Å²) in [6.45, 7) is 0.610. The average Bonchev–Trinajstić information content (AvgIpc) is 2.01. The summed E-state index contributed by atoms with van der Waals surface area (Å²) < 4.78 is 24.0. The third kappa shape index (κ3) is 2.93. The fourth-order valence-corrected chi connectivity index (χ4v) is 2.79. The summed E-state index contributed by atoms with van der Waals surface area (Å²) in [4.78, 5) is 10.3. The topological polar surface area (TPSA) is 101 Å². The van der Waals surface area contributed by atoms with Crippen molar-refractivity contribution in [3.8, 4) is 0 Å². The van der Waals surface area contributed by atoms with Gasteiger partial charge >= 0.3 is 5.97 Å². The van der Waals surface area contributed by atoms with Gasteiger partial charge in [-0.15, -0.1) is 0 Å². The highest BCUT2D eigenvalue weighted by molar-refractivity contribution is 7.89. The fourth-order valence-electron chi connectivity index (χ4n) is 1.47. The van der Waals surface area contributed by atoms with Crippen LogP contribution in [0.4, 0.5) is 0 Å². The largest absolute Gasteiger partial charge is 0.480 e. The molecule has 0 amide bonds. The van der Waals surface area contributed by atoms with Gasteiger partial charge in [-0.3, -0.25) is 4.79 Å². The van der Waals surface area contributed by atoms with E-state index >= 15 is 0 Å². The molecule has 1 aliphatic heterocycles. The summed E-state index contributed by atoms with van der Waals surface area (Å²) >= 11 is 0. The molecule has 3 N–H and O–H groups in total. The summed E-state index contributed by atoms with van der Waals surface area (Å²) in [5, 5.41) is 8.41. The second-order valence-electron chi connectivity index (χ2n) is 3.41. The van der Waals surface area contributed by atoms with Crippen molar-refractivity contribution < 1.29 is 18.3 Å². The van der Waals surface area contributed by atoms with Gasteiger partial charge in [-0.05, 0) is 12.8 Å². The van der Waals surface area contributed by atoms with Crippen LogP contribution in [0.1, 0.15) is 12.8 Å². The molecule has 14 heavy (non-hydrogen) atoms. The van der Waals surface area contributed by atoms with Gasteiger partial charge in [-0.2, -0.15) is 4.31 Å². The molecule has 1 atom stereocenters. The third-order valence-electron chi connectivity index (χ3n) is 2.12. The smallest absolute Gasteiger partial charge is 0.320 e. The van der Waals surface area contributed by atoms with Crippen LogP contribution in [0.25, 0.3) is 0 Å². The molecule has 82 valence electrons. The van der Waals surface area contributed by atoms with Gasteiger partial charge in [0.05, 0.1) is 0 Å². The van der Waals surface area contributed by atoms with E-state index in [1.54, 1.807) is 0 Å². The maximum atomic E-state index is 11.4. The molecule has 0 radical (unpaired) electrons. The van der Waals surface area contributed by atoms with E-state index < -0.39 is 21.7 Å². The number of carbonyl (C=O) groups is 1. The maximum absolute atomic E-state index is 11.4. The molecular formula is C7H14N2O4S. The van der Waals surface area contributed by atoms with E-state index in [9.17, 15) is 13.2 Å². The molecule has 1 rings (SSSR count). The number of rotatable bonds is 3. The van der Waals surface area contributed by atoms with E-state index in [1.165, 1.54) is 0 Å². The van der Waals surface area contributed by atoms with E-state index in [0.717, 1.165) is 10.7 Å². The van der Waals surface area contributed by atoms with Crippen LogP contribution >= 0.6 is 0 Å². The molecule has 1 heterocycles. The molecule has 0 aromatic carbocycles. The quantitative estimate of drug-likeness (QED) is 0.626. The lowest BCUT2D eigenvalue weighted by Gasteiger charge is -2.29. The molecule has 1 aliphatic rings.